The Bertz CT molecular complexity index is 1270. The smallest absolute Gasteiger partial charge is 0.255 e. The summed E-state index contributed by atoms with van der Waals surface area (Å²) in [6.07, 6.45) is 1.47. The molecule has 1 aliphatic heterocycles. The topological polar surface area (TPSA) is 67.2 Å². The first-order valence-electron chi connectivity index (χ1n) is 10.3. The van der Waals surface area contributed by atoms with Crippen molar-refractivity contribution in [1.82, 2.24) is 9.55 Å². The number of amides is 2. The molecule has 0 unspecified atom stereocenters. The Balaban J connectivity index is 1.30. The highest BCUT2D eigenvalue weighted by atomic mass is 16.2. The molecule has 1 fully saturated rings. The number of nitrogens with one attached hydrogen (secondary N) is 1. The fraction of sp³-hybridized carbons (Fsp3) is 0.160. The molecule has 1 N–H and O–H groups in total. The van der Waals surface area contributed by atoms with Crippen LogP contribution in [0.15, 0.2) is 72.8 Å². The van der Waals surface area contributed by atoms with E-state index in [0.29, 0.717) is 17.7 Å². The van der Waals surface area contributed by atoms with Crippen molar-refractivity contribution in [2.75, 3.05) is 16.8 Å². The van der Waals surface area contributed by atoms with Crippen LogP contribution in [0, 0.1) is 0 Å². The number of hydrogen-bond acceptors (Lipinski definition) is 3. The molecule has 2 heterocycles. The number of para-hydroxylation sites is 2. The zero-order valence-electron chi connectivity index (χ0n) is 17.2. The minimum atomic E-state index is -0.185. The molecule has 0 aliphatic carbocycles. The summed E-state index contributed by atoms with van der Waals surface area (Å²) in [5, 5.41) is 2.93. The maximum absolute atomic E-state index is 12.6. The third-order valence-electron chi connectivity index (χ3n) is 5.70. The first kappa shape index (κ1) is 19.1. The summed E-state index contributed by atoms with van der Waals surface area (Å²) in [6, 6.07) is 22.9. The van der Waals surface area contributed by atoms with Crippen LogP contribution >= 0.6 is 0 Å². The zero-order chi connectivity index (χ0) is 21.4. The van der Waals surface area contributed by atoms with Gasteiger partial charge in [-0.1, -0.05) is 12.1 Å². The van der Waals surface area contributed by atoms with Crippen LogP contribution in [0.25, 0.3) is 22.4 Å². The van der Waals surface area contributed by atoms with Crippen molar-refractivity contribution in [2.45, 2.75) is 12.8 Å². The third kappa shape index (κ3) is 3.57. The van der Waals surface area contributed by atoms with Gasteiger partial charge in [-0.05, 0) is 67.1 Å². The van der Waals surface area contributed by atoms with Crippen LogP contribution < -0.4 is 10.2 Å². The predicted molar refractivity (Wildman–Crippen MR) is 122 cm³/mol. The van der Waals surface area contributed by atoms with E-state index in [1.54, 1.807) is 17.0 Å². The standard InChI is InChI=1S/C25H22N4O2/c1-28-22-6-3-2-5-21(22)27-24(28)17-8-12-19(13-9-17)26-25(31)18-10-14-20(15-11-18)29-16-4-7-23(29)30/h2-3,5-6,8-15H,4,7,16H2,1H3,(H,26,31). The van der Waals surface area contributed by atoms with Crippen LogP contribution in [0.1, 0.15) is 23.2 Å². The average Bonchev–Trinajstić information content (AvgIpc) is 3.38. The highest BCUT2D eigenvalue weighted by Gasteiger charge is 2.21. The quantitative estimate of drug-likeness (QED) is 0.534. The Morgan fingerprint density at radius 3 is 2.39 bits per heavy atom. The largest absolute Gasteiger partial charge is 0.327 e. The molecule has 1 aliphatic rings. The fourth-order valence-corrected chi connectivity index (χ4v) is 4.02. The van der Waals surface area contributed by atoms with Gasteiger partial charge in [-0.15, -0.1) is 0 Å². The van der Waals surface area contributed by atoms with E-state index in [-0.39, 0.29) is 11.8 Å². The van der Waals surface area contributed by atoms with E-state index in [4.69, 9.17) is 4.98 Å². The summed E-state index contributed by atoms with van der Waals surface area (Å²) >= 11 is 0. The van der Waals surface area contributed by atoms with E-state index in [1.165, 1.54) is 0 Å². The number of aromatic nitrogens is 2. The molecule has 6 nitrogen and oxygen atoms in total. The molecule has 6 heteroatoms. The van der Waals surface area contributed by atoms with Crippen molar-refractivity contribution >= 4 is 34.2 Å². The maximum atomic E-state index is 12.6. The molecule has 0 spiro atoms. The average molecular weight is 410 g/mol. The van der Waals surface area contributed by atoms with Crippen LogP contribution in [0.3, 0.4) is 0 Å². The van der Waals surface area contributed by atoms with Gasteiger partial charge in [0.1, 0.15) is 5.82 Å². The number of nitrogens with zero attached hydrogens (tertiary/aromatic N) is 3. The van der Waals surface area contributed by atoms with Gasteiger partial charge < -0.3 is 14.8 Å². The van der Waals surface area contributed by atoms with E-state index < -0.39 is 0 Å². The first-order chi connectivity index (χ1) is 15.1. The first-order valence-corrected chi connectivity index (χ1v) is 10.3. The van der Waals surface area contributed by atoms with Crippen molar-refractivity contribution < 1.29 is 9.59 Å². The number of rotatable bonds is 4. The second-order valence-electron chi connectivity index (χ2n) is 7.71. The number of hydrogen-bond donors (Lipinski definition) is 1. The van der Waals surface area contributed by atoms with Gasteiger partial charge in [0.25, 0.3) is 5.91 Å². The minimum Gasteiger partial charge on any atom is -0.327 e. The van der Waals surface area contributed by atoms with Gasteiger partial charge in [0.2, 0.25) is 5.91 Å². The second kappa shape index (κ2) is 7.72. The van der Waals surface area contributed by atoms with Gasteiger partial charge in [-0.2, -0.15) is 0 Å². The Labute approximate surface area is 180 Å². The molecule has 0 atom stereocenters. The summed E-state index contributed by atoms with van der Waals surface area (Å²) in [6.45, 7) is 0.738. The van der Waals surface area contributed by atoms with E-state index in [0.717, 1.165) is 41.1 Å². The SMILES string of the molecule is Cn1c(-c2ccc(NC(=O)c3ccc(N4CCCC4=O)cc3)cc2)nc2ccccc21. The molecule has 2 amide bonds. The normalized spacial score (nSPS) is 13.7. The van der Waals surface area contributed by atoms with E-state index in [9.17, 15) is 9.59 Å². The number of anilines is 2. The minimum absolute atomic E-state index is 0.137. The Morgan fingerprint density at radius 1 is 0.968 bits per heavy atom. The van der Waals surface area contributed by atoms with E-state index >= 15 is 0 Å². The van der Waals surface area contributed by atoms with E-state index in [1.807, 2.05) is 67.7 Å². The Hall–Kier alpha value is -3.93. The molecule has 1 saturated heterocycles. The fourth-order valence-electron chi connectivity index (χ4n) is 4.02. The summed E-state index contributed by atoms with van der Waals surface area (Å²) < 4.78 is 2.07. The molecule has 0 bridgehead atoms. The Morgan fingerprint density at radius 2 is 1.71 bits per heavy atom. The molecule has 4 aromatic rings. The molecule has 1 aromatic heterocycles. The molecule has 31 heavy (non-hydrogen) atoms. The molecule has 0 saturated carbocycles. The van der Waals surface area contributed by atoms with Crippen molar-refractivity contribution in [3.8, 4) is 11.4 Å². The van der Waals surface area contributed by atoms with Crippen LogP contribution in [0.4, 0.5) is 11.4 Å². The summed E-state index contributed by atoms with van der Waals surface area (Å²) in [5.74, 6) is 0.832. The lowest BCUT2D eigenvalue weighted by atomic mass is 10.1. The highest BCUT2D eigenvalue weighted by molar-refractivity contribution is 6.05. The molecule has 3 aromatic carbocycles. The van der Waals surface area contributed by atoms with Gasteiger partial charge in [0.15, 0.2) is 0 Å². The number of carbonyl (C=O) groups is 2. The van der Waals surface area contributed by atoms with Gasteiger partial charge in [-0.3, -0.25) is 9.59 Å². The van der Waals surface area contributed by atoms with Crippen molar-refractivity contribution in [2.24, 2.45) is 7.05 Å². The highest BCUT2D eigenvalue weighted by Crippen LogP contribution is 2.25. The summed E-state index contributed by atoms with van der Waals surface area (Å²) in [4.78, 5) is 31.0. The van der Waals surface area contributed by atoms with Crippen molar-refractivity contribution in [3.63, 3.8) is 0 Å². The van der Waals surface area contributed by atoms with Crippen molar-refractivity contribution in [3.05, 3.63) is 78.4 Å². The number of benzene rings is 3. The lowest BCUT2D eigenvalue weighted by molar-refractivity contribution is -0.117. The number of carbonyl (C=O) groups excluding carboxylic acids is 2. The molecule has 0 radical (unpaired) electrons. The monoisotopic (exact) mass is 410 g/mol. The van der Waals surface area contributed by atoms with Gasteiger partial charge in [0.05, 0.1) is 11.0 Å². The number of aryl methyl sites for hydroxylation is 1. The van der Waals surface area contributed by atoms with Gasteiger partial charge in [-0.25, -0.2) is 4.98 Å². The van der Waals surface area contributed by atoms with Crippen LogP contribution in [-0.4, -0.2) is 27.9 Å². The molecular formula is C25H22N4O2. The maximum Gasteiger partial charge on any atom is 0.255 e. The van der Waals surface area contributed by atoms with Crippen LogP contribution in [-0.2, 0) is 11.8 Å². The number of imidazole rings is 1. The van der Waals surface area contributed by atoms with Crippen molar-refractivity contribution in [1.29, 1.82) is 0 Å². The third-order valence-corrected chi connectivity index (χ3v) is 5.70. The molecular weight excluding hydrogens is 388 g/mol. The molecule has 5 rings (SSSR count). The number of fused-ring (bicyclic) bond motifs is 1. The Kier molecular flexibility index (Phi) is 4.75. The van der Waals surface area contributed by atoms with E-state index in [2.05, 4.69) is 9.88 Å². The predicted octanol–water partition coefficient (Wildman–Crippen LogP) is 4.62. The summed E-state index contributed by atoms with van der Waals surface area (Å²) in [7, 11) is 2.00. The van der Waals surface area contributed by atoms with Crippen LogP contribution in [0.5, 0.6) is 0 Å². The zero-order valence-corrected chi connectivity index (χ0v) is 17.2. The lowest BCUT2D eigenvalue weighted by Crippen LogP contribution is -2.23. The molecule has 154 valence electrons. The second-order valence-corrected chi connectivity index (χ2v) is 7.71. The van der Waals surface area contributed by atoms with Gasteiger partial charge >= 0.3 is 0 Å². The summed E-state index contributed by atoms with van der Waals surface area (Å²) in [5.41, 5.74) is 5.12. The van der Waals surface area contributed by atoms with Crippen LogP contribution in [0.2, 0.25) is 0 Å². The van der Waals surface area contributed by atoms with Gasteiger partial charge in [0, 0.05) is 42.5 Å². The lowest BCUT2D eigenvalue weighted by Gasteiger charge is -2.15.